The Labute approximate surface area is 171 Å². The molecular formula is C19H23N3O5S2. The van der Waals surface area contributed by atoms with E-state index in [9.17, 15) is 21.6 Å². The molecule has 2 aromatic carbocycles. The van der Waals surface area contributed by atoms with E-state index in [2.05, 4.69) is 5.43 Å². The van der Waals surface area contributed by atoms with Crippen molar-refractivity contribution in [3.05, 3.63) is 59.7 Å². The lowest BCUT2D eigenvalue weighted by Crippen LogP contribution is -2.41. The van der Waals surface area contributed by atoms with E-state index in [1.807, 2.05) is 11.8 Å². The van der Waals surface area contributed by atoms with E-state index in [1.165, 1.54) is 40.7 Å². The minimum absolute atomic E-state index is 0.00469. The Hall–Kier alpha value is -2.27. The molecule has 0 bridgehead atoms. The minimum Gasteiger partial charge on any atom is -0.273 e. The van der Waals surface area contributed by atoms with Gasteiger partial charge in [-0.25, -0.2) is 16.8 Å². The molecule has 3 rings (SSSR count). The van der Waals surface area contributed by atoms with E-state index >= 15 is 0 Å². The van der Waals surface area contributed by atoms with Crippen molar-refractivity contribution in [2.24, 2.45) is 0 Å². The van der Waals surface area contributed by atoms with Gasteiger partial charge in [0.25, 0.3) is 15.9 Å². The Balaban J connectivity index is 1.72. The molecule has 0 saturated carbocycles. The Morgan fingerprint density at radius 3 is 2.24 bits per heavy atom. The van der Waals surface area contributed by atoms with Crippen LogP contribution in [0.1, 0.15) is 35.7 Å². The summed E-state index contributed by atoms with van der Waals surface area (Å²) >= 11 is 0. The Bertz CT molecular complexity index is 1090. The third kappa shape index (κ3) is 4.84. The molecule has 1 aliphatic heterocycles. The summed E-state index contributed by atoms with van der Waals surface area (Å²) in [6.45, 7) is 2.87. The normalized spacial score (nSPS) is 15.3. The second-order valence-electron chi connectivity index (χ2n) is 6.70. The summed E-state index contributed by atoms with van der Waals surface area (Å²) in [6, 6.07) is 11.8. The van der Waals surface area contributed by atoms with Crippen LogP contribution in [-0.2, 0) is 26.5 Å². The lowest BCUT2D eigenvalue weighted by atomic mass is 10.2. The molecular weight excluding hydrogens is 414 g/mol. The predicted octanol–water partition coefficient (Wildman–Crippen LogP) is 1.66. The number of carbonyl (C=O) groups is 1. The van der Waals surface area contributed by atoms with Crippen LogP contribution in [0.4, 0.5) is 0 Å². The number of amides is 1. The Morgan fingerprint density at radius 1 is 0.966 bits per heavy atom. The molecule has 2 N–H and O–H groups in total. The van der Waals surface area contributed by atoms with Gasteiger partial charge in [0, 0.05) is 18.7 Å². The first kappa shape index (κ1) is 21.4. The number of aryl methyl sites for hydroxylation is 1. The molecule has 1 fully saturated rings. The molecule has 156 valence electrons. The van der Waals surface area contributed by atoms with Gasteiger partial charge in [-0.1, -0.05) is 25.1 Å². The lowest BCUT2D eigenvalue weighted by Gasteiger charge is -2.16. The minimum atomic E-state index is -3.95. The van der Waals surface area contributed by atoms with E-state index in [0.717, 1.165) is 24.8 Å². The summed E-state index contributed by atoms with van der Waals surface area (Å²) in [7, 11) is -7.62. The SMILES string of the molecule is CCc1ccc(S(=O)(=O)NNC(=O)c2cccc(S(=O)(=O)N3CCCC3)c2)cc1. The van der Waals surface area contributed by atoms with E-state index < -0.39 is 26.0 Å². The maximum atomic E-state index is 12.6. The molecule has 0 aliphatic carbocycles. The smallest absolute Gasteiger partial charge is 0.266 e. The molecule has 0 aromatic heterocycles. The molecule has 0 atom stereocenters. The van der Waals surface area contributed by atoms with Gasteiger partial charge in [0.05, 0.1) is 9.79 Å². The fraction of sp³-hybridized carbons (Fsp3) is 0.316. The number of hydrogen-bond donors (Lipinski definition) is 2. The summed E-state index contributed by atoms with van der Waals surface area (Å²) in [4.78, 5) is 14.4. The maximum Gasteiger partial charge on any atom is 0.266 e. The molecule has 0 unspecified atom stereocenters. The summed E-state index contributed by atoms with van der Waals surface area (Å²) < 4.78 is 51.4. The van der Waals surface area contributed by atoms with Crippen molar-refractivity contribution in [2.45, 2.75) is 36.0 Å². The standard InChI is InChI=1S/C19H23N3O5S2/c1-2-15-8-10-17(11-9-15)28(24,25)21-20-19(23)16-6-5-7-18(14-16)29(26,27)22-12-3-4-13-22/h5-11,14,21H,2-4,12-13H2,1H3,(H,20,23). The zero-order chi connectivity index (χ0) is 21.1. The van der Waals surface area contributed by atoms with Crippen molar-refractivity contribution in [1.29, 1.82) is 0 Å². The number of sulfonamides is 2. The molecule has 29 heavy (non-hydrogen) atoms. The number of benzene rings is 2. The zero-order valence-electron chi connectivity index (χ0n) is 16.0. The first-order valence-electron chi connectivity index (χ1n) is 9.25. The van der Waals surface area contributed by atoms with Crippen LogP contribution in [-0.4, -0.2) is 40.1 Å². The van der Waals surface area contributed by atoms with Gasteiger partial charge in [-0.2, -0.15) is 4.31 Å². The number of hydrazine groups is 1. The highest BCUT2D eigenvalue weighted by molar-refractivity contribution is 7.89. The fourth-order valence-corrected chi connectivity index (χ4v) is 5.43. The van der Waals surface area contributed by atoms with Gasteiger partial charge >= 0.3 is 0 Å². The third-order valence-corrected chi connectivity index (χ3v) is 7.90. The summed E-state index contributed by atoms with van der Waals surface area (Å²) in [5.41, 5.74) is 3.16. The highest BCUT2D eigenvalue weighted by Gasteiger charge is 2.27. The summed E-state index contributed by atoms with van der Waals surface area (Å²) in [5.74, 6) is -0.753. The second kappa shape index (κ2) is 8.62. The average Bonchev–Trinajstić information content (AvgIpc) is 3.28. The predicted molar refractivity (Wildman–Crippen MR) is 108 cm³/mol. The Morgan fingerprint density at radius 2 is 1.62 bits per heavy atom. The second-order valence-corrected chi connectivity index (χ2v) is 10.3. The molecule has 1 heterocycles. The lowest BCUT2D eigenvalue weighted by molar-refractivity contribution is 0.0945. The van der Waals surface area contributed by atoms with Gasteiger partial charge in [-0.15, -0.1) is 4.83 Å². The van der Waals surface area contributed by atoms with Gasteiger partial charge in [0.2, 0.25) is 10.0 Å². The Kier molecular flexibility index (Phi) is 6.37. The molecule has 0 spiro atoms. The van der Waals surface area contributed by atoms with Gasteiger partial charge in [0.15, 0.2) is 0 Å². The third-order valence-electron chi connectivity index (χ3n) is 4.74. The van der Waals surface area contributed by atoms with Crippen LogP contribution < -0.4 is 10.3 Å². The van der Waals surface area contributed by atoms with Crippen LogP contribution in [0.5, 0.6) is 0 Å². The van der Waals surface area contributed by atoms with Crippen molar-refractivity contribution < 1.29 is 21.6 Å². The van der Waals surface area contributed by atoms with Gasteiger partial charge < -0.3 is 0 Å². The van der Waals surface area contributed by atoms with Crippen molar-refractivity contribution in [3.63, 3.8) is 0 Å². The number of nitrogens with zero attached hydrogens (tertiary/aromatic N) is 1. The van der Waals surface area contributed by atoms with Crippen molar-refractivity contribution in [2.75, 3.05) is 13.1 Å². The largest absolute Gasteiger partial charge is 0.273 e. The molecule has 0 radical (unpaired) electrons. The van der Waals surface area contributed by atoms with Gasteiger partial charge in [0.1, 0.15) is 0 Å². The number of carbonyl (C=O) groups excluding carboxylic acids is 1. The molecule has 1 aliphatic rings. The number of rotatable bonds is 7. The molecule has 10 heteroatoms. The van der Waals surface area contributed by atoms with E-state index in [1.54, 1.807) is 12.1 Å². The van der Waals surface area contributed by atoms with Crippen LogP contribution >= 0.6 is 0 Å². The zero-order valence-corrected chi connectivity index (χ0v) is 17.6. The van der Waals surface area contributed by atoms with Crippen LogP contribution in [0.2, 0.25) is 0 Å². The van der Waals surface area contributed by atoms with E-state index in [4.69, 9.17) is 0 Å². The van der Waals surface area contributed by atoms with Crippen LogP contribution in [0.3, 0.4) is 0 Å². The highest BCUT2D eigenvalue weighted by Crippen LogP contribution is 2.21. The van der Waals surface area contributed by atoms with Crippen LogP contribution in [0.25, 0.3) is 0 Å². The first-order valence-corrected chi connectivity index (χ1v) is 12.2. The molecule has 8 nitrogen and oxygen atoms in total. The van der Waals surface area contributed by atoms with Crippen molar-refractivity contribution >= 4 is 26.0 Å². The van der Waals surface area contributed by atoms with E-state index in [0.29, 0.717) is 13.1 Å². The van der Waals surface area contributed by atoms with Crippen molar-refractivity contribution in [1.82, 2.24) is 14.6 Å². The maximum absolute atomic E-state index is 12.6. The van der Waals surface area contributed by atoms with Crippen LogP contribution in [0, 0.1) is 0 Å². The monoisotopic (exact) mass is 437 g/mol. The number of hydrogen-bond acceptors (Lipinski definition) is 5. The van der Waals surface area contributed by atoms with Gasteiger partial charge in [-0.05, 0) is 55.2 Å². The highest BCUT2D eigenvalue weighted by atomic mass is 32.2. The topological polar surface area (TPSA) is 113 Å². The van der Waals surface area contributed by atoms with Crippen molar-refractivity contribution in [3.8, 4) is 0 Å². The fourth-order valence-electron chi connectivity index (χ4n) is 3.02. The average molecular weight is 438 g/mol. The van der Waals surface area contributed by atoms with E-state index in [-0.39, 0.29) is 15.4 Å². The quantitative estimate of drug-likeness (QED) is 0.640. The summed E-state index contributed by atoms with van der Waals surface area (Å²) in [5, 5.41) is 0. The van der Waals surface area contributed by atoms with Gasteiger partial charge in [-0.3, -0.25) is 10.2 Å². The molecule has 2 aromatic rings. The van der Waals surface area contributed by atoms with Crippen LogP contribution in [0.15, 0.2) is 58.3 Å². The molecule has 1 saturated heterocycles. The molecule has 1 amide bonds. The number of nitrogens with one attached hydrogen (secondary N) is 2. The first-order chi connectivity index (χ1) is 13.7. The summed E-state index contributed by atoms with van der Waals surface area (Å²) in [6.07, 6.45) is 2.39.